The van der Waals surface area contributed by atoms with Crippen molar-refractivity contribution in [2.24, 2.45) is 0 Å². The SMILES string of the molecule is O=C(/C=C/c1ccccc1)NC(=S)Nc1ccc2oc(-c3cncc(Br)c3)nc2c1. The molecule has 2 N–H and O–H groups in total. The van der Waals surface area contributed by atoms with Crippen LogP contribution in [0.25, 0.3) is 28.6 Å². The van der Waals surface area contributed by atoms with Gasteiger partial charge in [0.05, 0.1) is 5.56 Å². The van der Waals surface area contributed by atoms with E-state index < -0.39 is 0 Å². The second-order valence-corrected chi connectivity index (χ2v) is 7.60. The van der Waals surface area contributed by atoms with Crippen LogP contribution in [-0.2, 0) is 4.79 Å². The van der Waals surface area contributed by atoms with Crippen LogP contribution in [0.15, 0.2) is 82.0 Å². The number of nitrogens with one attached hydrogen (secondary N) is 2. The molecule has 0 atom stereocenters. The van der Waals surface area contributed by atoms with Gasteiger partial charge in [0.2, 0.25) is 11.8 Å². The number of hydrogen-bond donors (Lipinski definition) is 2. The fourth-order valence-corrected chi connectivity index (χ4v) is 3.29. The predicted octanol–water partition coefficient (Wildman–Crippen LogP) is 5.18. The minimum atomic E-state index is -0.316. The minimum absolute atomic E-state index is 0.192. The van der Waals surface area contributed by atoms with Crippen LogP contribution in [-0.4, -0.2) is 21.0 Å². The number of thiocarbonyl (C=S) groups is 1. The molecule has 2 aromatic carbocycles. The van der Waals surface area contributed by atoms with Gasteiger partial charge >= 0.3 is 0 Å². The van der Waals surface area contributed by atoms with Gasteiger partial charge < -0.3 is 9.73 Å². The summed E-state index contributed by atoms with van der Waals surface area (Å²) in [4.78, 5) is 20.7. The van der Waals surface area contributed by atoms with Gasteiger partial charge in [-0.1, -0.05) is 30.3 Å². The number of pyridine rings is 1. The molecule has 0 radical (unpaired) electrons. The average molecular weight is 479 g/mol. The van der Waals surface area contributed by atoms with Crippen LogP contribution in [0.4, 0.5) is 5.69 Å². The number of rotatable bonds is 4. The van der Waals surface area contributed by atoms with Gasteiger partial charge in [-0.25, -0.2) is 4.98 Å². The summed E-state index contributed by atoms with van der Waals surface area (Å²) in [6, 6.07) is 16.8. The zero-order chi connectivity index (χ0) is 20.9. The molecule has 0 unspecified atom stereocenters. The summed E-state index contributed by atoms with van der Waals surface area (Å²) >= 11 is 8.62. The molecule has 8 heteroatoms. The van der Waals surface area contributed by atoms with E-state index in [4.69, 9.17) is 16.6 Å². The lowest BCUT2D eigenvalue weighted by atomic mass is 10.2. The number of carbonyl (C=O) groups is 1. The molecule has 6 nitrogen and oxygen atoms in total. The van der Waals surface area contributed by atoms with Gasteiger partial charge in [-0.05, 0) is 64.1 Å². The fourth-order valence-electron chi connectivity index (χ4n) is 2.71. The number of benzene rings is 2. The van der Waals surface area contributed by atoms with Crippen LogP contribution in [0.5, 0.6) is 0 Å². The second-order valence-electron chi connectivity index (χ2n) is 6.28. The monoisotopic (exact) mass is 478 g/mol. The zero-order valence-corrected chi connectivity index (χ0v) is 17.9. The third kappa shape index (κ3) is 4.97. The molecule has 0 spiro atoms. The van der Waals surface area contributed by atoms with E-state index in [1.54, 1.807) is 36.7 Å². The van der Waals surface area contributed by atoms with Crippen molar-refractivity contribution in [1.29, 1.82) is 0 Å². The third-order valence-electron chi connectivity index (χ3n) is 4.06. The van der Waals surface area contributed by atoms with Crippen molar-refractivity contribution in [2.45, 2.75) is 0 Å². The highest BCUT2D eigenvalue weighted by atomic mass is 79.9. The van der Waals surface area contributed by atoms with Gasteiger partial charge in [0.1, 0.15) is 5.52 Å². The first kappa shape index (κ1) is 19.9. The number of anilines is 1. The summed E-state index contributed by atoms with van der Waals surface area (Å²) in [5.41, 5.74) is 3.68. The Balaban J connectivity index is 1.42. The molecule has 0 saturated carbocycles. The van der Waals surface area contributed by atoms with Crippen molar-refractivity contribution in [3.63, 3.8) is 0 Å². The van der Waals surface area contributed by atoms with Crippen molar-refractivity contribution >= 4 is 62.0 Å². The predicted molar refractivity (Wildman–Crippen MR) is 125 cm³/mol. The first-order valence-electron chi connectivity index (χ1n) is 8.93. The number of oxazole rings is 1. The molecular weight excluding hydrogens is 464 g/mol. The van der Waals surface area contributed by atoms with E-state index in [1.165, 1.54) is 6.08 Å². The smallest absolute Gasteiger partial charge is 0.250 e. The molecule has 2 aromatic heterocycles. The molecule has 1 amide bonds. The summed E-state index contributed by atoms with van der Waals surface area (Å²) in [6.45, 7) is 0. The Morgan fingerprint density at radius 1 is 1.10 bits per heavy atom. The van der Waals surface area contributed by atoms with Gasteiger partial charge in [0, 0.05) is 28.6 Å². The molecule has 0 aliphatic heterocycles. The van der Waals surface area contributed by atoms with E-state index in [9.17, 15) is 4.79 Å². The third-order valence-corrected chi connectivity index (χ3v) is 4.70. The summed E-state index contributed by atoms with van der Waals surface area (Å²) in [5.74, 6) is 0.154. The Hall–Kier alpha value is -3.36. The van der Waals surface area contributed by atoms with Crippen LogP contribution in [0.2, 0.25) is 0 Å². The molecule has 4 rings (SSSR count). The molecule has 30 heavy (non-hydrogen) atoms. The van der Waals surface area contributed by atoms with Crippen LogP contribution in [0.3, 0.4) is 0 Å². The van der Waals surface area contributed by atoms with Crippen molar-refractivity contribution in [2.75, 3.05) is 5.32 Å². The Kier molecular flexibility index (Phi) is 5.97. The largest absolute Gasteiger partial charge is 0.436 e. The highest BCUT2D eigenvalue weighted by Crippen LogP contribution is 2.27. The number of carbonyl (C=O) groups excluding carboxylic acids is 1. The number of amides is 1. The summed E-state index contributed by atoms with van der Waals surface area (Å²) in [6.07, 6.45) is 6.53. The number of halogens is 1. The second kappa shape index (κ2) is 8.98. The van der Waals surface area contributed by atoms with Crippen molar-refractivity contribution in [3.05, 3.63) is 83.1 Å². The maximum atomic E-state index is 12.1. The lowest BCUT2D eigenvalue weighted by molar-refractivity contribution is -0.115. The maximum absolute atomic E-state index is 12.1. The maximum Gasteiger partial charge on any atom is 0.250 e. The zero-order valence-electron chi connectivity index (χ0n) is 15.5. The molecule has 0 fully saturated rings. The molecule has 0 aliphatic carbocycles. The Morgan fingerprint density at radius 2 is 1.93 bits per heavy atom. The standard InChI is InChI=1S/C22H15BrN4O2S/c23-16-10-15(12-24-13-16)21-26-18-11-17(7-8-19(18)29-21)25-22(30)27-20(28)9-6-14-4-2-1-3-5-14/h1-13H,(H2,25,27,28,30)/b9-6+. The Morgan fingerprint density at radius 3 is 2.73 bits per heavy atom. The van der Waals surface area contributed by atoms with Crippen LogP contribution in [0.1, 0.15) is 5.56 Å². The van der Waals surface area contributed by atoms with Gasteiger partial charge in [-0.3, -0.25) is 15.1 Å². The molecule has 0 aliphatic rings. The van der Waals surface area contributed by atoms with E-state index in [0.29, 0.717) is 22.7 Å². The fraction of sp³-hybridized carbons (Fsp3) is 0. The van der Waals surface area contributed by atoms with E-state index in [1.807, 2.05) is 36.4 Å². The number of aromatic nitrogens is 2. The average Bonchev–Trinajstić information content (AvgIpc) is 3.16. The highest BCUT2D eigenvalue weighted by Gasteiger charge is 2.10. The minimum Gasteiger partial charge on any atom is -0.436 e. The molecule has 4 aromatic rings. The topological polar surface area (TPSA) is 80.0 Å². The Bertz CT molecular complexity index is 1250. The van der Waals surface area contributed by atoms with E-state index >= 15 is 0 Å². The normalized spacial score (nSPS) is 11.0. The van der Waals surface area contributed by atoms with Gasteiger partial charge in [-0.15, -0.1) is 0 Å². The van der Waals surface area contributed by atoms with Crippen LogP contribution < -0.4 is 10.6 Å². The van der Waals surface area contributed by atoms with Crippen LogP contribution in [0, 0.1) is 0 Å². The summed E-state index contributed by atoms with van der Waals surface area (Å²) in [5, 5.41) is 5.80. The van der Waals surface area contributed by atoms with Crippen molar-refractivity contribution in [1.82, 2.24) is 15.3 Å². The molecular formula is C22H15BrN4O2S. The van der Waals surface area contributed by atoms with Crippen LogP contribution >= 0.6 is 28.1 Å². The number of nitrogens with zero attached hydrogens (tertiary/aromatic N) is 2. The van der Waals surface area contributed by atoms with E-state index in [0.717, 1.165) is 15.6 Å². The summed E-state index contributed by atoms with van der Waals surface area (Å²) in [7, 11) is 0. The van der Waals surface area contributed by atoms with E-state index in [2.05, 4.69) is 36.5 Å². The molecule has 148 valence electrons. The first-order chi connectivity index (χ1) is 14.6. The quantitative estimate of drug-likeness (QED) is 0.310. The number of fused-ring (bicyclic) bond motifs is 1. The molecule has 2 heterocycles. The van der Waals surface area contributed by atoms with Gasteiger partial charge in [0.25, 0.3) is 0 Å². The van der Waals surface area contributed by atoms with Crippen molar-refractivity contribution < 1.29 is 9.21 Å². The lowest BCUT2D eigenvalue weighted by Gasteiger charge is -2.07. The Labute approximate surface area is 186 Å². The van der Waals surface area contributed by atoms with Gasteiger partial charge in [0.15, 0.2) is 10.7 Å². The molecule has 0 bridgehead atoms. The number of hydrogen-bond acceptors (Lipinski definition) is 5. The molecule has 0 saturated heterocycles. The highest BCUT2D eigenvalue weighted by molar-refractivity contribution is 9.10. The van der Waals surface area contributed by atoms with E-state index in [-0.39, 0.29) is 11.0 Å². The first-order valence-corrected chi connectivity index (χ1v) is 10.1. The van der Waals surface area contributed by atoms with Gasteiger partial charge in [-0.2, -0.15) is 0 Å². The lowest BCUT2D eigenvalue weighted by Crippen LogP contribution is -2.32. The van der Waals surface area contributed by atoms with Crippen molar-refractivity contribution in [3.8, 4) is 11.5 Å². The summed E-state index contributed by atoms with van der Waals surface area (Å²) < 4.78 is 6.64.